The van der Waals surface area contributed by atoms with Crippen LogP contribution in [0.5, 0.6) is 0 Å². The minimum Gasteiger partial charge on any atom is -0.392 e. The summed E-state index contributed by atoms with van der Waals surface area (Å²) >= 11 is 0. The van der Waals surface area contributed by atoms with Gasteiger partial charge in [-0.1, -0.05) is 50.6 Å². The summed E-state index contributed by atoms with van der Waals surface area (Å²) in [6.07, 6.45) is 2.77. The molecule has 1 aromatic carbocycles. The molecule has 0 heterocycles. The summed E-state index contributed by atoms with van der Waals surface area (Å²) in [4.78, 5) is 0. The fourth-order valence-corrected chi connectivity index (χ4v) is 3.28. The van der Waals surface area contributed by atoms with Crippen LogP contribution in [0.1, 0.15) is 44.6 Å². The molecular formula is C16H26O3S. The Hall–Kier alpha value is -0.870. The molecule has 0 aliphatic rings. The lowest BCUT2D eigenvalue weighted by Gasteiger charge is -2.28. The maximum atomic E-state index is 11.2. The largest absolute Gasteiger partial charge is 0.392 e. The third-order valence-electron chi connectivity index (χ3n) is 3.87. The molecule has 20 heavy (non-hydrogen) atoms. The summed E-state index contributed by atoms with van der Waals surface area (Å²) in [7, 11) is -2.95. The zero-order chi connectivity index (χ0) is 15.2. The molecule has 1 aromatic rings. The number of aliphatic hydroxyl groups excluding tert-OH is 1. The normalized spacial score (nSPS) is 16.6. The second kappa shape index (κ2) is 7.79. The Morgan fingerprint density at radius 3 is 2.30 bits per heavy atom. The van der Waals surface area contributed by atoms with E-state index in [1.807, 2.05) is 30.3 Å². The van der Waals surface area contributed by atoms with Gasteiger partial charge in [-0.25, -0.2) is 8.42 Å². The molecule has 1 rings (SSSR count). The van der Waals surface area contributed by atoms with E-state index in [1.54, 1.807) is 0 Å². The molecule has 114 valence electrons. The van der Waals surface area contributed by atoms with Gasteiger partial charge in [0.15, 0.2) is 0 Å². The average molecular weight is 298 g/mol. The van der Waals surface area contributed by atoms with Gasteiger partial charge < -0.3 is 5.11 Å². The van der Waals surface area contributed by atoms with E-state index in [4.69, 9.17) is 0 Å². The molecule has 1 N–H and O–H groups in total. The van der Waals surface area contributed by atoms with E-state index in [9.17, 15) is 13.5 Å². The van der Waals surface area contributed by atoms with Crippen molar-refractivity contribution >= 4 is 9.84 Å². The van der Waals surface area contributed by atoms with Crippen LogP contribution in [0.2, 0.25) is 0 Å². The van der Waals surface area contributed by atoms with Crippen molar-refractivity contribution in [3.63, 3.8) is 0 Å². The van der Waals surface area contributed by atoms with Crippen LogP contribution in [-0.2, 0) is 9.84 Å². The third-order valence-corrected chi connectivity index (χ3v) is 4.90. The summed E-state index contributed by atoms with van der Waals surface area (Å²) in [6, 6.07) is 10.0. The van der Waals surface area contributed by atoms with Gasteiger partial charge in [0.05, 0.1) is 6.10 Å². The third kappa shape index (κ3) is 5.63. The Bertz CT molecular complexity index is 482. The number of aliphatic hydroxyl groups is 1. The second-order valence-electron chi connectivity index (χ2n) is 5.66. The number of hydrogen-bond donors (Lipinski definition) is 1. The molecule has 3 nitrogen and oxygen atoms in total. The lowest BCUT2D eigenvalue weighted by Crippen LogP contribution is -2.25. The molecule has 0 spiro atoms. The molecule has 0 amide bonds. The van der Waals surface area contributed by atoms with Gasteiger partial charge >= 0.3 is 0 Å². The van der Waals surface area contributed by atoms with E-state index in [0.29, 0.717) is 18.8 Å². The first kappa shape index (κ1) is 17.2. The SMILES string of the molecule is CCC(C)C(c1ccccc1)C(O)CCCS(C)(=O)=O. The molecule has 4 heteroatoms. The molecule has 3 unspecified atom stereocenters. The Morgan fingerprint density at radius 2 is 1.80 bits per heavy atom. The fourth-order valence-electron chi connectivity index (χ4n) is 2.59. The first-order chi connectivity index (χ1) is 9.35. The quantitative estimate of drug-likeness (QED) is 0.802. The monoisotopic (exact) mass is 298 g/mol. The van der Waals surface area contributed by atoms with E-state index >= 15 is 0 Å². The number of benzene rings is 1. The fraction of sp³-hybridized carbons (Fsp3) is 0.625. The highest BCUT2D eigenvalue weighted by atomic mass is 32.2. The Kier molecular flexibility index (Phi) is 6.69. The number of sulfone groups is 1. The summed E-state index contributed by atoms with van der Waals surface area (Å²) in [6.45, 7) is 4.25. The summed E-state index contributed by atoms with van der Waals surface area (Å²) in [5, 5.41) is 10.5. The molecule has 0 aromatic heterocycles. The standard InChI is InChI=1S/C16H26O3S/c1-4-13(2)16(14-9-6-5-7-10-14)15(17)11-8-12-20(3,18)19/h5-7,9-10,13,15-17H,4,8,11-12H2,1-3H3. The lowest BCUT2D eigenvalue weighted by molar-refractivity contribution is 0.108. The highest BCUT2D eigenvalue weighted by Gasteiger charge is 2.25. The minimum absolute atomic E-state index is 0.0701. The smallest absolute Gasteiger partial charge is 0.147 e. The van der Waals surface area contributed by atoms with Gasteiger partial charge in [0.1, 0.15) is 9.84 Å². The van der Waals surface area contributed by atoms with Crippen molar-refractivity contribution in [1.82, 2.24) is 0 Å². The predicted octanol–water partition coefficient (Wildman–Crippen LogP) is 3.00. The van der Waals surface area contributed by atoms with Gasteiger partial charge in [-0.05, 0) is 24.3 Å². The van der Waals surface area contributed by atoms with Crippen molar-refractivity contribution < 1.29 is 13.5 Å². The van der Waals surface area contributed by atoms with Crippen LogP contribution < -0.4 is 0 Å². The molecule has 3 atom stereocenters. The molecular weight excluding hydrogens is 272 g/mol. The Balaban J connectivity index is 2.74. The van der Waals surface area contributed by atoms with E-state index < -0.39 is 15.9 Å². The molecule has 0 bridgehead atoms. The number of rotatable bonds is 8. The molecule has 0 radical (unpaired) electrons. The van der Waals surface area contributed by atoms with Gasteiger partial charge in [-0.2, -0.15) is 0 Å². The predicted molar refractivity (Wildman–Crippen MR) is 83.6 cm³/mol. The Morgan fingerprint density at radius 1 is 1.20 bits per heavy atom. The van der Waals surface area contributed by atoms with E-state index in [1.165, 1.54) is 6.26 Å². The summed E-state index contributed by atoms with van der Waals surface area (Å²) in [5.74, 6) is 0.581. The van der Waals surface area contributed by atoms with Crippen molar-refractivity contribution in [1.29, 1.82) is 0 Å². The maximum Gasteiger partial charge on any atom is 0.147 e. The van der Waals surface area contributed by atoms with Crippen LogP contribution in [0.4, 0.5) is 0 Å². The van der Waals surface area contributed by atoms with Crippen LogP contribution >= 0.6 is 0 Å². The van der Waals surface area contributed by atoms with Gasteiger partial charge in [0.25, 0.3) is 0 Å². The van der Waals surface area contributed by atoms with E-state index in [2.05, 4.69) is 13.8 Å². The van der Waals surface area contributed by atoms with Crippen LogP contribution in [0.25, 0.3) is 0 Å². The topological polar surface area (TPSA) is 54.4 Å². The van der Waals surface area contributed by atoms with Crippen LogP contribution in [0.3, 0.4) is 0 Å². The van der Waals surface area contributed by atoms with Crippen molar-refractivity contribution in [2.24, 2.45) is 5.92 Å². The van der Waals surface area contributed by atoms with Crippen LogP contribution in [-0.4, -0.2) is 31.6 Å². The van der Waals surface area contributed by atoms with Crippen molar-refractivity contribution in [3.05, 3.63) is 35.9 Å². The first-order valence-corrected chi connectivity index (χ1v) is 9.32. The van der Waals surface area contributed by atoms with E-state index in [-0.39, 0.29) is 11.7 Å². The van der Waals surface area contributed by atoms with E-state index in [0.717, 1.165) is 12.0 Å². The van der Waals surface area contributed by atoms with Gasteiger partial charge in [-0.3, -0.25) is 0 Å². The van der Waals surface area contributed by atoms with Crippen molar-refractivity contribution in [2.75, 3.05) is 12.0 Å². The molecule has 0 saturated heterocycles. The lowest BCUT2D eigenvalue weighted by atomic mass is 9.80. The second-order valence-corrected chi connectivity index (χ2v) is 7.92. The molecule has 0 fully saturated rings. The summed E-state index contributed by atoms with van der Waals surface area (Å²) in [5.41, 5.74) is 1.13. The van der Waals surface area contributed by atoms with Gasteiger partial charge in [0, 0.05) is 17.9 Å². The number of hydrogen-bond acceptors (Lipinski definition) is 3. The maximum absolute atomic E-state index is 11.2. The van der Waals surface area contributed by atoms with Crippen molar-refractivity contribution in [2.45, 2.75) is 45.1 Å². The van der Waals surface area contributed by atoms with Gasteiger partial charge in [0.2, 0.25) is 0 Å². The Labute approximate surface area is 123 Å². The first-order valence-electron chi connectivity index (χ1n) is 7.26. The molecule has 0 aliphatic heterocycles. The van der Waals surface area contributed by atoms with Gasteiger partial charge in [-0.15, -0.1) is 0 Å². The van der Waals surface area contributed by atoms with Crippen molar-refractivity contribution in [3.8, 4) is 0 Å². The zero-order valence-electron chi connectivity index (χ0n) is 12.6. The molecule has 0 saturated carbocycles. The molecule has 0 aliphatic carbocycles. The van der Waals surface area contributed by atoms with Crippen LogP contribution in [0.15, 0.2) is 30.3 Å². The minimum atomic E-state index is -2.95. The highest BCUT2D eigenvalue weighted by molar-refractivity contribution is 7.90. The summed E-state index contributed by atoms with van der Waals surface area (Å²) < 4.78 is 22.3. The van der Waals surface area contributed by atoms with Crippen LogP contribution in [0, 0.1) is 5.92 Å². The highest BCUT2D eigenvalue weighted by Crippen LogP contribution is 2.32. The average Bonchev–Trinajstić information content (AvgIpc) is 2.38. The zero-order valence-corrected chi connectivity index (χ0v) is 13.4.